The maximum absolute atomic E-state index is 13.9. The van der Waals surface area contributed by atoms with Crippen molar-refractivity contribution in [3.63, 3.8) is 0 Å². The molecule has 3 nitrogen and oxygen atoms in total. The lowest BCUT2D eigenvalue weighted by Gasteiger charge is -2.23. The van der Waals surface area contributed by atoms with Gasteiger partial charge in [0.05, 0.1) is 5.54 Å². The third-order valence-electron chi connectivity index (χ3n) is 3.75. The van der Waals surface area contributed by atoms with Gasteiger partial charge in [-0.2, -0.15) is 0 Å². The highest BCUT2D eigenvalue weighted by Gasteiger charge is 2.47. The van der Waals surface area contributed by atoms with Gasteiger partial charge in [0.2, 0.25) is 5.91 Å². The highest BCUT2D eigenvalue weighted by atomic mass is 19.1. The van der Waals surface area contributed by atoms with E-state index in [0.29, 0.717) is 18.5 Å². The van der Waals surface area contributed by atoms with Gasteiger partial charge in [-0.3, -0.25) is 10.1 Å². The second kappa shape index (κ2) is 4.69. The molecule has 1 heterocycles. The molecule has 0 radical (unpaired) electrons. The average Bonchev–Trinajstić information content (AvgIpc) is 2.63. The van der Waals surface area contributed by atoms with Crippen molar-refractivity contribution < 1.29 is 9.18 Å². The van der Waals surface area contributed by atoms with Gasteiger partial charge in [-0.25, -0.2) is 4.39 Å². The third kappa shape index (κ3) is 1.90. The van der Waals surface area contributed by atoms with Crippen LogP contribution in [0.2, 0.25) is 0 Å². The summed E-state index contributed by atoms with van der Waals surface area (Å²) in [5, 5.41) is 3.26. The molecule has 1 amide bonds. The van der Waals surface area contributed by atoms with E-state index < -0.39 is 5.54 Å². The molecule has 1 saturated heterocycles. The van der Waals surface area contributed by atoms with Gasteiger partial charge in [0, 0.05) is 12.1 Å². The van der Waals surface area contributed by atoms with Crippen LogP contribution >= 0.6 is 0 Å². The molecule has 1 aromatic carbocycles. The summed E-state index contributed by atoms with van der Waals surface area (Å²) >= 11 is 0. The molecule has 2 unspecified atom stereocenters. The molecule has 1 aromatic rings. The lowest BCUT2D eigenvalue weighted by atomic mass is 9.99. The molecule has 0 spiro atoms. The van der Waals surface area contributed by atoms with Crippen LogP contribution < -0.4 is 5.32 Å². The molecule has 18 heavy (non-hydrogen) atoms. The molecule has 0 bridgehead atoms. The van der Waals surface area contributed by atoms with E-state index in [9.17, 15) is 9.18 Å². The van der Waals surface area contributed by atoms with Crippen LogP contribution in [0.25, 0.3) is 0 Å². The number of nitrogens with zero attached hydrogens (tertiary/aromatic N) is 1. The van der Waals surface area contributed by atoms with Crippen LogP contribution in [0.1, 0.15) is 38.9 Å². The van der Waals surface area contributed by atoms with E-state index in [4.69, 9.17) is 0 Å². The minimum Gasteiger partial charge on any atom is -0.321 e. The Morgan fingerprint density at radius 2 is 2.06 bits per heavy atom. The standard InChI is InChI=1S/C14H19FN2O/c1-4-14(3)13(18)17(5-2)12(16-14)10-8-6-7-9-11(10)15/h6-9,12,16H,4-5H2,1-3H3. The Morgan fingerprint density at radius 1 is 1.39 bits per heavy atom. The SMILES string of the molecule is CCN1C(=O)C(C)(CC)NC1c1ccccc1F. The van der Waals surface area contributed by atoms with Crippen LogP contribution in [0.3, 0.4) is 0 Å². The predicted octanol–water partition coefficient (Wildman–Crippen LogP) is 2.44. The van der Waals surface area contributed by atoms with Crippen molar-refractivity contribution in [3.05, 3.63) is 35.6 Å². The first-order valence-corrected chi connectivity index (χ1v) is 6.36. The van der Waals surface area contributed by atoms with Gasteiger partial charge in [-0.05, 0) is 26.3 Å². The maximum atomic E-state index is 13.9. The Labute approximate surface area is 107 Å². The van der Waals surface area contributed by atoms with Crippen molar-refractivity contribution in [1.82, 2.24) is 10.2 Å². The minimum atomic E-state index is -0.594. The van der Waals surface area contributed by atoms with Crippen molar-refractivity contribution in [2.45, 2.75) is 38.9 Å². The fourth-order valence-electron chi connectivity index (χ4n) is 2.40. The molecule has 2 atom stereocenters. The maximum Gasteiger partial charge on any atom is 0.244 e. The highest BCUT2D eigenvalue weighted by molar-refractivity contribution is 5.88. The van der Waals surface area contributed by atoms with E-state index in [-0.39, 0.29) is 17.9 Å². The van der Waals surface area contributed by atoms with Crippen LogP contribution in [-0.2, 0) is 4.79 Å². The smallest absolute Gasteiger partial charge is 0.244 e. The average molecular weight is 250 g/mol. The number of hydrogen-bond acceptors (Lipinski definition) is 2. The number of amides is 1. The summed E-state index contributed by atoms with van der Waals surface area (Å²) in [6, 6.07) is 6.60. The lowest BCUT2D eigenvalue weighted by Crippen LogP contribution is -2.43. The van der Waals surface area contributed by atoms with E-state index in [1.165, 1.54) is 6.07 Å². The van der Waals surface area contributed by atoms with Crippen LogP contribution in [0, 0.1) is 5.82 Å². The van der Waals surface area contributed by atoms with Gasteiger partial charge in [0.15, 0.2) is 0 Å². The van der Waals surface area contributed by atoms with Crippen LogP contribution in [0.5, 0.6) is 0 Å². The molecule has 1 N–H and O–H groups in total. The van der Waals surface area contributed by atoms with E-state index in [2.05, 4.69) is 5.32 Å². The monoisotopic (exact) mass is 250 g/mol. The van der Waals surface area contributed by atoms with Gasteiger partial charge in [0.25, 0.3) is 0 Å². The van der Waals surface area contributed by atoms with E-state index >= 15 is 0 Å². The third-order valence-corrected chi connectivity index (χ3v) is 3.75. The molecular formula is C14H19FN2O. The number of rotatable bonds is 3. The Kier molecular flexibility index (Phi) is 3.39. The summed E-state index contributed by atoms with van der Waals surface area (Å²) in [4.78, 5) is 14.0. The number of carbonyl (C=O) groups is 1. The first kappa shape index (κ1) is 13.0. The van der Waals surface area contributed by atoms with Crippen molar-refractivity contribution in [2.24, 2.45) is 0 Å². The first-order valence-electron chi connectivity index (χ1n) is 6.36. The van der Waals surface area contributed by atoms with E-state index in [1.807, 2.05) is 20.8 Å². The van der Waals surface area contributed by atoms with Crippen LogP contribution in [0.15, 0.2) is 24.3 Å². The molecule has 98 valence electrons. The summed E-state index contributed by atoms with van der Waals surface area (Å²) in [6.07, 6.45) is 0.321. The molecule has 0 aliphatic carbocycles. The molecule has 1 fully saturated rings. The van der Waals surface area contributed by atoms with Crippen LogP contribution in [0.4, 0.5) is 4.39 Å². The Balaban J connectivity index is 2.40. The summed E-state index contributed by atoms with van der Waals surface area (Å²) in [7, 11) is 0. The van der Waals surface area contributed by atoms with E-state index in [0.717, 1.165) is 0 Å². The largest absolute Gasteiger partial charge is 0.321 e. The summed E-state index contributed by atoms with van der Waals surface area (Å²) < 4.78 is 13.9. The lowest BCUT2D eigenvalue weighted by molar-refractivity contribution is -0.132. The molecule has 0 aromatic heterocycles. The zero-order valence-electron chi connectivity index (χ0n) is 11.0. The number of carbonyl (C=O) groups excluding carboxylic acids is 1. The van der Waals surface area contributed by atoms with Crippen molar-refractivity contribution in [3.8, 4) is 0 Å². The Morgan fingerprint density at radius 3 is 2.61 bits per heavy atom. The molecule has 2 rings (SSSR count). The molecule has 0 saturated carbocycles. The number of nitrogens with one attached hydrogen (secondary N) is 1. The fourth-order valence-corrected chi connectivity index (χ4v) is 2.40. The zero-order valence-corrected chi connectivity index (χ0v) is 11.0. The van der Waals surface area contributed by atoms with Crippen molar-refractivity contribution in [2.75, 3.05) is 6.54 Å². The highest BCUT2D eigenvalue weighted by Crippen LogP contribution is 2.33. The van der Waals surface area contributed by atoms with Crippen molar-refractivity contribution in [1.29, 1.82) is 0 Å². The van der Waals surface area contributed by atoms with Crippen molar-refractivity contribution >= 4 is 5.91 Å². The quantitative estimate of drug-likeness (QED) is 0.893. The topological polar surface area (TPSA) is 32.3 Å². The predicted molar refractivity (Wildman–Crippen MR) is 68.4 cm³/mol. The normalized spacial score (nSPS) is 27.9. The number of benzene rings is 1. The van der Waals surface area contributed by atoms with Gasteiger partial charge in [-0.1, -0.05) is 25.1 Å². The molecular weight excluding hydrogens is 231 g/mol. The molecule has 4 heteroatoms. The zero-order chi connectivity index (χ0) is 13.3. The second-order valence-electron chi connectivity index (χ2n) is 4.85. The Hall–Kier alpha value is -1.42. The fraction of sp³-hybridized carbons (Fsp3) is 0.500. The number of hydrogen-bond donors (Lipinski definition) is 1. The van der Waals surface area contributed by atoms with Gasteiger partial charge in [-0.15, -0.1) is 0 Å². The first-order chi connectivity index (χ1) is 8.53. The summed E-state index contributed by atoms with van der Waals surface area (Å²) in [5.74, 6) is -0.234. The summed E-state index contributed by atoms with van der Waals surface area (Å²) in [6.45, 7) is 6.32. The second-order valence-corrected chi connectivity index (χ2v) is 4.85. The van der Waals surface area contributed by atoms with Gasteiger partial charge < -0.3 is 4.90 Å². The summed E-state index contributed by atoms with van der Waals surface area (Å²) in [5.41, 5.74) is -0.0620. The number of halogens is 1. The van der Waals surface area contributed by atoms with Gasteiger partial charge in [0.1, 0.15) is 12.0 Å². The molecule has 1 aliphatic heterocycles. The van der Waals surface area contributed by atoms with E-state index in [1.54, 1.807) is 23.1 Å². The van der Waals surface area contributed by atoms with Crippen LogP contribution in [-0.4, -0.2) is 22.9 Å². The minimum absolute atomic E-state index is 0.0424. The molecule has 1 aliphatic rings. The Bertz CT molecular complexity index is 463. The number of likely N-dealkylation sites (N-methyl/N-ethyl adjacent to an activating group) is 1. The van der Waals surface area contributed by atoms with Gasteiger partial charge >= 0.3 is 0 Å².